The lowest BCUT2D eigenvalue weighted by atomic mass is 9.93. The van der Waals surface area contributed by atoms with Gasteiger partial charge in [-0.3, -0.25) is 4.98 Å². The second kappa shape index (κ2) is 7.10. The summed E-state index contributed by atoms with van der Waals surface area (Å²) in [5, 5.41) is 0. The molecule has 0 amide bonds. The van der Waals surface area contributed by atoms with E-state index in [1.165, 1.54) is 24.0 Å². The molecule has 116 valence electrons. The molecule has 0 unspecified atom stereocenters. The van der Waals surface area contributed by atoms with Crippen LogP contribution in [0.5, 0.6) is 0 Å². The van der Waals surface area contributed by atoms with E-state index in [-0.39, 0.29) is 0 Å². The lowest BCUT2D eigenvalue weighted by Crippen LogP contribution is -1.96. The van der Waals surface area contributed by atoms with Crippen LogP contribution in [0.1, 0.15) is 25.3 Å². The number of benzene rings is 2. The molecule has 2 aromatic carbocycles. The van der Waals surface area contributed by atoms with Crippen LogP contribution in [-0.2, 0) is 6.42 Å². The maximum atomic E-state index is 6.19. The highest BCUT2D eigenvalue weighted by Gasteiger charge is 2.13. The molecule has 2 nitrogen and oxygen atoms in total. The summed E-state index contributed by atoms with van der Waals surface area (Å²) in [6, 6.07) is 20.6. The standard InChI is InChI=1S/C21H22N2/c1-2-3-9-16-10-4-5-11-17(16)21-19(13-8-15-23-21)18-12-6-7-14-20(18)22/h4-8,10-15H,2-3,9,22H2,1H3. The first-order chi connectivity index (χ1) is 11.3. The van der Waals surface area contributed by atoms with Gasteiger partial charge in [-0.2, -0.15) is 0 Å². The van der Waals surface area contributed by atoms with E-state index >= 15 is 0 Å². The van der Waals surface area contributed by atoms with Crippen molar-refractivity contribution in [3.63, 3.8) is 0 Å². The Kier molecular flexibility index (Phi) is 4.72. The van der Waals surface area contributed by atoms with Gasteiger partial charge in [0.25, 0.3) is 0 Å². The number of aromatic nitrogens is 1. The summed E-state index contributed by atoms with van der Waals surface area (Å²) in [5.41, 5.74) is 12.7. The second-order valence-corrected chi connectivity index (χ2v) is 5.75. The smallest absolute Gasteiger partial charge is 0.0783 e. The van der Waals surface area contributed by atoms with Gasteiger partial charge < -0.3 is 5.73 Å². The number of hydrogen-bond acceptors (Lipinski definition) is 2. The minimum absolute atomic E-state index is 0.785. The van der Waals surface area contributed by atoms with Crippen LogP contribution in [0, 0.1) is 0 Å². The van der Waals surface area contributed by atoms with Crippen LogP contribution in [0.3, 0.4) is 0 Å². The maximum Gasteiger partial charge on any atom is 0.0783 e. The van der Waals surface area contributed by atoms with E-state index in [2.05, 4.69) is 48.3 Å². The van der Waals surface area contributed by atoms with Gasteiger partial charge in [0.15, 0.2) is 0 Å². The molecule has 0 radical (unpaired) electrons. The van der Waals surface area contributed by atoms with Crippen molar-refractivity contribution in [3.05, 3.63) is 72.4 Å². The molecule has 2 heteroatoms. The number of para-hydroxylation sites is 1. The first kappa shape index (κ1) is 15.3. The Morgan fingerprint density at radius 1 is 0.826 bits per heavy atom. The van der Waals surface area contributed by atoms with Gasteiger partial charge >= 0.3 is 0 Å². The summed E-state index contributed by atoms with van der Waals surface area (Å²) in [5.74, 6) is 0. The Bertz CT molecular complexity index is 793. The first-order valence-electron chi connectivity index (χ1n) is 8.19. The zero-order valence-corrected chi connectivity index (χ0v) is 13.5. The van der Waals surface area contributed by atoms with Crippen LogP contribution in [0.4, 0.5) is 5.69 Å². The number of nitrogens with two attached hydrogens (primary N) is 1. The molecule has 0 fully saturated rings. The van der Waals surface area contributed by atoms with E-state index in [0.29, 0.717) is 0 Å². The van der Waals surface area contributed by atoms with E-state index in [1.807, 2.05) is 30.5 Å². The van der Waals surface area contributed by atoms with Crippen LogP contribution in [0.25, 0.3) is 22.4 Å². The van der Waals surface area contributed by atoms with Gasteiger partial charge in [-0.05, 0) is 30.5 Å². The molecule has 23 heavy (non-hydrogen) atoms. The fraction of sp³-hybridized carbons (Fsp3) is 0.190. The van der Waals surface area contributed by atoms with Crippen molar-refractivity contribution < 1.29 is 0 Å². The van der Waals surface area contributed by atoms with E-state index in [9.17, 15) is 0 Å². The quantitative estimate of drug-likeness (QED) is 0.646. The number of unbranched alkanes of at least 4 members (excludes halogenated alkanes) is 1. The van der Waals surface area contributed by atoms with Gasteiger partial charge in [-0.15, -0.1) is 0 Å². The van der Waals surface area contributed by atoms with E-state index in [1.54, 1.807) is 0 Å². The fourth-order valence-electron chi connectivity index (χ4n) is 2.92. The number of nitrogen functional groups attached to an aromatic ring is 1. The van der Waals surface area contributed by atoms with Gasteiger partial charge in [0.2, 0.25) is 0 Å². The van der Waals surface area contributed by atoms with E-state index < -0.39 is 0 Å². The fourth-order valence-corrected chi connectivity index (χ4v) is 2.92. The molecule has 0 atom stereocenters. The monoisotopic (exact) mass is 302 g/mol. The maximum absolute atomic E-state index is 6.19. The minimum Gasteiger partial charge on any atom is -0.398 e. The Hall–Kier alpha value is -2.61. The van der Waals surface area contributed by atoms with Crippen LogP contribution in [-0.4, -0.2) is 4.98 Å². The molecule has 0 aliphatic heterocycles. The zero-order valence-electron chi connectivity index (χ0n) is 13.5. The molecule has 0 saturated carbocycles. The zero-order chi connectivity index (χ0) is 16.1. The number of anilines is 1. The lowest BCUT2D eigenvalue weighted by Gasteiger charge is -2.14. The Morgan fingerprint density at radius 2 is 1.52 bits per heavy atom. The van der Waals surface area contributed by atoms with E-state index in [4.69, 9.17) is 5.73 Å². The molecule has 1 heterocycles. The number of rotatable bonds is 5. The summed E-state index contributed by atoms with van der Waals surface area (Å²) in [6.07, 6.45) is 5.31. The largest absolute Gasteiger partial charge is 0.398 e. The highest BCUT2D eigenvalue weighted by molar-refractivity contribution is 5.87. The van der Waals surface area contributed by atoms with Gasteiger partial charge in [0.05, 0.1) is 5.69 Å². The molecular formula is C21H22N2. The van der Waals surface area contributed by atoms with Crippen LogP contribution < -0.4 is 5.73 Å². The van der Waals surface area contributed by atoms with Crippen molar-refractivity contribution in [2.45, 2.75) is 26.2 Å². The van der Waals surface area contributed by atoms with Crippen LogP contribution in [0.2, 0.25) is 0 Å². The minimum atomic E-state index is 0.785. The third-order valence-corrected chi connectivity index (χ3v) is 4.13. The summed E-state index contributed by atoms with van der Waals surface area (Å²) in [7, 11) is 0. The number of nitrogens with zero attached hydrogens (tertiary/aromatic N) is 1. The van der Waals surface area contributed by atoms with Crippen LogP contribution in [0.15, 0.2) is 66.9 Å². The van der Waals surface area contributed by atoms with Crippen molar-refractivity contribution >= 4 is 5.69 Å². The molecule has 1 aromatic heterocycles. The van der Waals surface area contributed by atoms with Crippen molar-refractivity contribution in [2.75, 3.05) is 5.73 Å². The average molecular weight is 302 g/mol. The van der Waals surface area contributed by atoms with Crippen molar-refractivity contribution in [1.82, 2.24) is 4.98 Å². The number of aryl methyl sites for hydroxylation is 1. The molecule has 3 rings (SSSR count). The van der Waals surface area contributed by atoms with Gasteiger partial charge in [-0.1, -0.05) is 61.9 Å². The van der Waals surface area contributed by atoms with Gasteiger partial charge in [0.1, 0.15) is 0 Å². The molecule has 0 saturated heterocycles. The number of hydrogen-bond donors (Lipinski definition) is 1. The van der Waals surface area contributed by atoms with Crippen molar-refractivity contribution in [2.24, 2.45) is 0 Å². The summed E-state index contributed by atoms with van der Waals surface area (Å²) >= 11 is 0. The molecule has 2 N–H and O–H groups in total. The SMILES string of the molecule is CCCCc1ccccc1-c1ncccc1-c1ccccc1N. The van der Waals surface area contributed by atoms with E-state index in [0.717, 1.165) is 28.9 Å². The second-order valence-electron chi connectivity index (χ2n) is 5.75. The molecule has 0 aliphatic rings. The summed E-state index contributed by atoms with van der Waals surface area (Å²) in [6.45, 7) is 2.22. The highest BCUT2D eigenvalue weighted by atomic mass is 14.7. The third-order valence-electron chi connectivity index (χ3n) is 4.13. The molecule has 0 bridgehead atoms. The number of pyridine rings is 1. The Labute approximate surface area is 138 Å². The predicted molar refractivity (Wildman–Crippen MR) is 98.1 cm³/mol. The van der Waals surface area contributed by atoms with Gasteiger partial charge in [0, 0.05) is 28.6 Å². The first-order valence-corrected chi connectivity index (χ1v) is 8.19. The average Bonchev–Trinajstić information content (AvgIpc) is 2.61. The topological polar surface area (TPSA) is 38.9 Å². The summed E-state index contributed by atoms with van der Waals surface area (Å²) in [4.78, 5) is 4.68. The molecular weight excluding hydrogens is 280 g/mol. The normalized spacial score (nSPS) is 10.7. The van der Waals surface area contributed by atoms with Gasteiger partial charge in [-0.25, -0.2) is 0 Å². The Morgan fingerprint density at radius 3 is 2.30 bits per heavy atom. The third kappa shape index (κ3) is 3.26. The van der Waals surface area contributed by atoms with Crippen LogP contribution >= 0.6 is 0 Å². The van der Waals surface area contributed by atoms with Crippen molar-refractivity contribution in [1.29, 1.82) is 0 Å². The Balaban J connectivity index is 2.14. The summed E-state index contributed by atoms with van der Waals surface area (Å²) < 4.78 is 0. The lowest BCUT2D eigenvalue weighted by molar-refractivity contribution is 0.796. The predicted octanol–water partition coefficient (Wildman–Crippen LogP) is 5.34. The molecule has 0 spiro atoms. The molecule has 3 aromatic rings. The molecule has 0 aliphatic carbocycles. The highest BCUT2D eigenvalue weighted by Crippen LogP contribution is 2.35. The van der Waals surface area contributed by atoms with Crippen molar-refractivity contribution in [3.8, 4) is 22.4 Å².